The molecule has 0 amide bonds. The molecule has 0 rings (SSSR count). The van der Waals surface area contributed by atoms with Crippen LogP contribution in [0.3, 0.4) is 0 Å². The van der Waals surface area contributed by atoms with E-state index in [1.54, 1.807) is 0 Å². The van der Waals surface area contributed by atoms with Gasteiger partial charge in [-0.15, -0.1) is 0 Å². The van der Waals surface area contributed by atoms with Crippen molar-refractivity contribution < 1.29 is 28.6 Å². The number of ether oxygens (including phenoxy) is 3. The van der Waals surface area contributed by atoms with Gasteiger partial charge in [-0.05, 0) is 103 Å². The Morgan fingerprint density at radius 1 is 0.312 bits per heavy atom. The molecule has 0 saturated heterocycles. The van der Waals surface area contributed by atoms with Crippen molar-refractivity contribution in [2.75, 3.05) is 13.2 Å². The van der Waals surface area contributed by atoms with E-state index in [2.05, 4.69) is 81.5 Å². The average Bonchev–Trinajstić information content (AvgIpc) is 3.29. The summed E-state index contributed by atoms with van der Waals surface area (Å²) in [4.78, 5) is 38.0. The maximum Gasteiger partial charge on any atom is 0.306 e. The molecule has 370 valence electrons. The Labute approximate surface area is 396 Å². The molecule has 1 atom stereocenters. The maximum atomic E-state index is 12.8. The van der Waals surface area contributed by atoms with E-state index in [4.69, 9.17) is 14.2 Å². The lowest BCUT2D eigenvalue weighted by molar-refractivity contribution is -0.167. The third-order valence-electron chi connectivity index (χ3n) is 11.7. The number of hydrogen-bond acceptors (Lipinski definition) is 6. The van der Waals surface area contributed by atoms with Gasteiger partial charge in [-0.2, -0.15) is 0 Å². The Bertz CT molecular complexity index is 1170. The van der Waals surface area contributed by atoms with Crippen LogP contribution >= 0.6 is 0 Å². The van der Waals surface area contributed by atoms with E-state index in [0.717, 1.165) is 116 Å². The smallest absolute Gasteiger partial charge is 0.306 e. The summed E-state index contributed by atoms with van der Waals surface area (Å²) in [6, 6.07) is 0. The molecule has 0 fully saturated rings. The first kappa shape index (κ1) is 61.1. The molecule has 6 heteroatoms. The zero-order valence-electron chi connectivity index (χ0n) is 42.3. The van der Waals surface area contributed by atoms with Crippen LogP contribution in [-0.4, -0.2) is 37.2 Å². The van der Waals surface area contributed by atoms with Gasteiger partial charge in [-0.25, -0.2) is 0 Å². The van der Waals surface area contributed by atoms with Crippen LogP contribution in [0.25, 0.3) is 0 Å². The van der Waals surface area contributed by atoms with Crippen LogP contribution in [0.15, 0.2) is 60.8 Å². The van der Waals surface area contributed by atoms with Crippen LogP contribution in [0.4, 0.5) is 0 Å². The van der Waals surface area contributed by atoms with Crippen molar-refractivity contribution in [1.29, 1.82) is 0 Å². The number of rotatable bonds is 49. The largest absolute Gasteiger partial charge is 0.462 e. The van der Waals surface area contributed by atoms with Gasteiger partial charge in [-0.1, -0.05) is 210 Å². The normalized spacial score (nSPS) is 12.5. The van der Waals surface area contributed by atoms with Crippen molar-refractivity contribution in [3.05, 3.63) is 60.8 Å². The fourth-order valence-corrected chi connectivity index (χ4v) is 7.56. The van der Waals surface area contributed by atoms with Crippen molar-refractivity contribution in [3.63, 3.8) is 0 Å². The second kappa shape index (κ2) is 52.7. The molecule has 64 heavy (non-hydrogen) atoms. The summed E-state index contributed by atoms with van der Waals surface area (Å²) in [5.74, 6) is -0.913. The Morgan fingerprint density at radius 3 is 0.969 bits per heavy atom. The number of unbranched alkanes of at least 4 members (excludes halogenated alkanes) is 28. The molecule has 0 N–H and O–H groups in total. The molecule has 0 spiro atoms. The predicted molar refractivity (Wildman–Crippen MR) is 275 cm³/mol. The zero-order chi connectivity index (χ0) is 46.5. The van der Waals surface area contributed by atoms with Gasteiger partial charge in [0.1, 0.15) is 13.2 Å². The van der Waals surface area contributed by atoms with Gasteiger partial charge in [0.2, 0.25) is 0 Å². The van der Waals surface area contributed by atoms with E-state index in [1.807, 2.05) is 0 Å². The van der Waals surface area contributed by atoms with Crippen molar-refractivity contribution in [1.82, 2.24) is 0 Å². The van der Waals surface area contributed by atoms with Gasteiger partial charge in [-0.3, -0.25) is 14.4 Å². The zero-order valence-corrected chi connectivity index (χ0v) is 42.3. The fourth-order valence-electron chi connectivity index (χ4n) is 7.56. The number of carbonyl (C=O) groups is 3. The second-order valence-corrected chi connectivity index (χ2v) is 18.1. The molecular weight excluding hydrogens is 793 g/mol. The van der Waals surface area contributed by atoms with Gasteiger partial charge in [0.15, 0.2) is 6.10 Å². The Kier molecular flexibility index (Phi) is 50.4. The predicted octanol–water partition coefficient (Wildman–Crippen LogP) is 18.0. The summed E-state index contributed by atoms with van der Waals surface area (Å²) >= 11 is 0. The van der Waals surface area contributed by atoms with Crippen LogP contribution in [0.2, 0.25) is 0 Å². The summed E-state index contributed by atoms with van der Waals surface area (Å²) in [5.41, 5.74) is 0. The molecule has 0 radical (unpaired) electrons. The summed E-state index contributed by atoms with van der Waals surface area (Å²) in [5, 5.41) is 0. The van der Waals surface area contributed by atoms with E-state index >= 15 is 0 Å². The minimum Gasteiger partial charge on any atom is -0.462 e. The molecule has 0 saturated carbocycles. The molecule has 0 aliphatic rings. The summed E-state index contributed by atoms with van der Waals surface area (Å²) in [7, 11) is 0. The van der Waals surface area contributed by atoms with E-state index in [-0.39, 0.29) is 31.1 Å². The Morgan fingerprint density at radius 2 is 0.594 bits per heavy atom. The molecule has 6 nitrogen and oxygen atoms in total. The van der Waals surface area contributed by atoms with Crippen LogP contribution in [0.1, 0.15) is 271 Å². The van der Waals surface area contributed by atoms with Crippen LogP contribution in [0, 0.1) is 0 Å². The third kappa shape index (κ3) is 50.1. The van der Waals surface area contributed by atoms with Crippen LogP contribution in [-0.2, 0) is 28.6 Å². The number of esters is 3. The lowest BCUT2D eigenvalue weighted by Gasteiger charge is -2.18. The molecule has 1 unspecified atom stereocenters. The van der Waals surface area contributed by atoms with Gasteiger partial charge in [0, 0.05) is 19.3 Å². The molecule has 0 bridgehead atoms. The minimum absolute atomic E-state index is 0.0863. The fraction of sp³-hybridized carbons (Fsp3) is 0.776. The van der Waals surface area contributed by atoms with Gasteiger partial charge >= 0.3 is 17.9 Å². The molecule has 0 aliphatic heterocycles. The molecular formula is C58H102O6. The lowest BCUT2D eigenvalue weighted by atomic mass is 10.1. The van der Waals surface area contributed by atoms with Gasteiger partial charge < -0.3 is 14.2 Å². The Balaban J connectivity index is 4.39. The lowest BCUT2D eigenvalue weighted by Crippen LogP contribution is -2.30. The summed E-state index contributed by atoms with van der Waals surface area (Å²) < 4.78 is 16.8. The van der Waals surface area contributed by atoms with E-state index in [9.17, 15) is 14.4 Å². The number of carbonyl (C=O) groups excluding carboxylic acids is 3. The first-order valence-electron chi connectivity index (χ1n) is 27.3. The van der Waals surface area contributed by atoms with E-state index in [1.165, 1.54) is 116 Å². The van der Waals surface area contributed by atoms with Crippen molar-refractivity contribution in [2.45, 2.75) is 277 Å². The maximum absolute atomic E-state index is 12.8. The topological polar surface area (TPSA) is 78.9 Å². The Hall–Kier alpha value is -2.89. The molecule has 0 aliphatic carbocycles. The van der Waals surface area contributed by atoms with Crippen LogP contribution in [0.5, 0.6) is 0 Å². The van der Waals surface area contributed by atoms with Gasteiger partial charge in [0.25, 0.3) is 0 Å². The highest BCUT2D eigenvalue weighted by Gasteiger charge is 2.19. The third-order valence-corrected chi connectivity index (χ3v) is 11.7. The van der Waals surface area contributed by atoms with Crippen molar-refractivity contribution in [3.8, 4) is 0 Å². The first-order valence-corrected chi connectivity index (χ1v) is 27.3. The summed E-state index contributed by atoms with van der Waals surface area (Å²) in [6.07, 6.45) is 64.9. The number of hydrogen-bond donors (Lipinski definition) is 0. The van der Waals surface area contributed by atoms with E-state index in [0.29, 0.717) is 19.3 Å². The highest BCUT2D eigenvalue weighted by molar-refractivity contribution is 5.71. The summed E-state index contributed by atoms with van der Waals surface area (Å²) in [6.45, 7) is 6.53. The van der Waals surface area contributed by atoms with Crippen LogP contribution < -0.4 is 0 Å². The van der Waals surface area contributed by atoms with Crippen molar-refractivity contribution >= 4 is 17.9 Å². The second-order valence-electron chi connectivity index (χ2n) is 18.1. The minimum atomic E-state index is -0.788. The quantitative estimate of drug-likeness (QED) is 0.0262. The van der Waals surface area contributed by atoms with Gasteiger partial charge in [0.05, 0.1) is 0 Å². The highest BCUT2D eigenvalue weighted by atomic mass is 16.6. The standard InChI is InChI=1S/C58H102O6/c1-4-7-10-13-16-19-22-25-27-28-29-31-33-36-39-42-45-48-51-57(60)63-54-55(53-62-56(59)50-47-44-41-38-35-32-24-21-18-15-12-9-6-3)64-58(61)52-49-46-43-40-37-34-30-26-23-20-17-14-11-8-5-2/h12,15,17,20-21,24,26-28,30,55H,4-11,13-14,16,18-19,22-23,25,29,31-54H2,1-3H3/b15-12-,20-17-,24-21-,28-27-,30-26-. The molecule has 0 aromatic rings. The van der Waals surface area contributed by atoms with Crippen molar-refractivity contribution in [2.24, 2.45) is 0 Å². The highest BCUT2D eigenvalue weighted by Crippen LogP contribution is 2.14. The number of allylic oxidation sites excluding steroid dienone is 10. The monoisotopic (exact) mass is 895 g/mol. The molecule has 0 heterocycles. The SMILES string of the molecule is CCC/C=C\C/C=C\CCCCCCCC(=O)OCC(COC(=O)CCCCCCCCC/C=C\CCCCCCCCC)OC(=O)CCCCCCC/C=C\C/C=C\CCCCC. The molecule has 0 aromatic heterocycles. The van der Waals surface area contributed by atoms with E-state index < -0.39 is 6.10 Å². The molecule has 0 aromatic carbocycles. The first-order chi connectivity index (χ1) is 31.5. The average molecular weight is 895 g/mol.